The van der Waals surface area contributed by atoms with Crippen LogP contribution in [0, 0.1) is 4.91 Å². The molecule has 0 heterocycles. The highest BCUT2D eigenvalue weighted by Crippen LogP contribution is 2.26. The van der Waals surface area contributed by atoms with E-state index in [0.717, 1.165) is 26.9 Å². The number of fused-ring (bicyclic) bond motifs is 1. The fourth-order valence-electron chi connectivity index (χ4n) is 2.78. The third-order valence-corrected chi connectivity index (χ3v) is 4.34. The Morgan fingerprint density at radius 3 is 2.20 bits per heavy atom. The Hall–Kier alpha value is -4.12. The minimum absolute atomic E-state index is 0.175. The van der Waals surface area contributed by atoms with Crippen molar-refractivity contribution in [2.75, 3.05) is 10.0 Å². The number of nitrogens with zero attached hydrogens (tertiary/aromatic N) is 4. The van der Waals surface area contributed by atoms with Crippen LogP contribution in [0.4, 0.5) is 16.2 Å². The highest BCUT2D eigenvalue weighted by Gasteiger charge is 2.20. The molecular weight excluding hydrogens is 386 g/mol. The second-order valence-electron chi connectivity index (χ2n) is 6.21. The van der Waals surface area contributed by atoms with Gasteiger partial charge in [-0.05, 0) is 35.2 Å². The molecule has 152 valence electrons. The molecule has 10 nitrogen and oxygen atoms in total. The SMILES string of the molecule is NN(N=O)C(=O)/C=C/c1ccc(N(N)C(=O)N(N)c2cccc3ccccc23)cc1. The third-order valence-electron chi connectivity index (χ3n) is 4.34. The Bertz CT molecular complexity index is 1110. The largest absolute Gasteiger partial charge is 0.357 e. The van der Waals surface area contributed by atoms with Gasteiger partial charge in [-0.15, -0.1) is 10.0 Å². The summed E-state index contributed by atoms with van der Waals surface area (Å²) in [6.07, 6.45) is 2.52. The van der Waals surface area contributed by atoms with Crippen LogP contribution in [0.15, 0.2) is 78.1 Å². The Labute approximate surface area is 171 Å². The van der Waals surface area contributed by atoms with Gasteiger partial charge in [-0.25, -0.2) is 32.3 Å². The maximum atomic E-state index is 12.8. The maximum absolute atomic E-state index is 12.8. The van der Waals surface area contributed by atoms with Gasteiger partial charge >= 0.3 is 6.03 Å². The highest BCUT2D eigenvalue weighted by molar-refractivity contribution is 6.07. The number of carbonyl (C=O) groups is 2. The van der Waals surface area contributed by atoms with Crippen molar-refractivity contribution in [1.29, 1.82) is 0 Å². The van der Waals surface area contributed by atoms with Crippen LogP contribution in [0.5, 0.6) is 0 Å². The quantitative estimate of drug-likeness (QED) is 0.195. The molecule has 0 saturated carbocycles. The molecule has 0 saturated heterocycles. The first kappa shape index (κ1) is 20.6. The summed E-state index contributed by atoms with van der Waals surface area (Å²) in [7, 11) is 0. The van der Waals surface area contributed by atoms with Crippen molar-refractivity contribution in [2.24, 2.45) is 22.8 Å². The van der Waals surface area contributed by atoms with Crippen LogP contribution in [0.25, 0.3) is 16.8 Å². The molecule has 30 heavy (non-hydrogen) atoms. The number of rotatable bonds is 5. The van der Waals surface area contributed by atoms with Crippen molar-refractivity contribution < 1.29 is 9.59 Å². The lowest BCUT2D eigenvalue weighted by Gasteiger charge is -2.25. The van der Waals surface area contributed by atoms with Crippen molar-refractivity contribution in [1.82, 2.24) is 5.12 Å². The van der Waals surface area contributed by atoms with E-state index in [1.165, 1.54) is 6.08 Å². The molecule has 0 atom stereocenters. The van der Waals surface area contributed by atoms with E-state index in [2.05, 4.69) is 5.29 Å². The van der Waals surface area contributed by atoms with Crippen LogP contribution in [0.2, 0.25) is 0 Å². The molecule has 3 rings (SSSR count). The Morgan fingerprint density at radius 2 is 1.50 bits per heavy atom. The van der Waals surface area contributed by atoms with Gasteiger partial charge < -0.3 is 0 Å². The van der Waals surface area contributed by atoms with Crippen molar-refractivity contribution in [3.63, 3.8) is 0 Å². The third kappa shape index (κ3) is 4.31. The Kier molecular flexibility index (Phi) is 6.13. The predicted molar refractivity (Wildman–Crippen MR) is 115 cm³/mol. The number of hydrazine groups is 3. The van der Waals surface area contributed by atoms with Gasteiger partial charge in [0.25, 0.3) is 5.91 Å². The topological polar surface area (TPSA) is 151 Å². The van der Waals surface area contributed by atoms with Gasteiger partial charge in [-0.1, -0.05) is 48.5 Å². The molecule has 0 aliphatic heterocycles. The second-order valence-corrected chi connectivity index (χ2v) is 6.21. The zero-order valence-corrected chi connectivity index (χ0v) is 15.8. The number of hydrogen-bond acceptors (Lipinski definition) is 7. The zero-order valence-electron chi connectivity index (χ0n) is 15.8. The van der Waals surface area contributed by atoms with Crippen LogP contribution in [0.3, 0.4) is 0 Å². The summed E-state index contributed by atoms with van der Waals surface area (Å²) in [6, 6.07) is 18.8. The van der Waals surface area contributed by atoms with Gasteiger partial charge in [-0.3, -0.25) is 4.79 Å². The van der Waals surface area contributed by atoms with Crippen molar-refractivity contribution in [3.05, 3.63) is 83.3 Å². The Balaban J connectivity index is 1.76. The number of benzene rings is 3. The summed E-state index contributed by atoms with van der Waals surface area (Å²) >= 11 is 0. The molecule has 3 aromatic carbocycles. The van der Waals surface area contributed by atoms with E-state index < -0.39 is 11.9 Å². The summed E-state index contributed by atoms with van der Waals surface area (Å²) in [5, 5.41) is 6.13. The molecule has 0 aliphatic carbocycles. The van der Waals surface area contributed by atoms with Gasteiger partial charge in [-0.2, -0.15) is 0 Å². The first-order valence-electron chi connectivity index (χ1n) is 8.74. The molecule has 3 aromatic rings. The van der Waals surface area contributed by atoms with Crippen molar-refractivity contribution in [2.45, 2.75) is 0 Å². The number of carbonyl (C=O) groups excluding carboxylic acids is 2. The standard InChI is InChI=1S/C20H19N7O3/c21-25(16-11-8-14(9-12-16)10-13-19(28)27(23)24-30)20(29)26(22)18-7-3-5-15-4-1-2-6-17(15)18/h1-13H,21-23H2/b13-10+. The average molecular weight is 405 g/mol. The lowest BCUT2D eigenvalue weighted by molar-refractivity contribution is -0.126. The highest BCUT2D eigenvalue weighted by atomic mass is 16.3. The summed E-state index contributed by atoms with van der Waals surface area (Å²) in [6.45, 7) is 0. The first-order chi connectivity index (χ1) is 14.4. The number of nitroso groups, excluding NO2 is 1. The van der Waals surface area contributed by atoms with Gasteiger partial charge in [0.2, 0.25) is 0 Å². The average Bonchev–Trinajstić information content (AvgIpc) is 2.80. The first-order valence-corrected chi connectivity index (χ1v) is 8.74. The monoisotopic (exact) mass is 405 g/mol. The van der Waals surface area contributed by atoms with E-state index in [9.17, 15) is 14.5 Å². The maximum Gasteiger partial charge on any atom is 0.357 e. The smallest absolute Gasteiger partial charge is 0.266 e. The fourth-order valence-corrected chi connectivity index (χ4v) is 2.78. The molecule has 6 N–H and O–H groups in total. The number of anilines is 2. The summed E-state index contributed by atoms with van der Waals surface area (Å²) in [5.74, 6) is 16.3. The summed E-state index contributed by atoms with van der Waals surface area (Å²) < 4.78 is 0. The molecular formula is C20H19N7O3. The number of hydrogen-bond donors (Lipinski definition) is 3. The zero-order chi connectivity index (χ0) is 21.7. The van der Waals surface area contributed by atoms with E-state index in [1.807, 2.05) is 30.3 Å². The normalized spacial score (nSPS) is 10.8. The molecule has 0 spiro atoms. The lowest BCUT2D eigenvalue weighted by Crippen LogP contribution is -2.51. The van der Waals surface area contributed by atoms with Crippen molar-refractivity contribution in [3.8, 4) is 0 Å². The molecule has 0 radical (unpaired) electrons. The molecule has 0 fully saturated rings. The lowest BCUT2D eigenvalue weighted by atomic mass is 10.1. The van der Waals surface area contributed by atoms with Crippen LogP contribution < -0.4 is 27.5 Å². The molecule has 0 aromatic heterocycles. The van der Waals surface area contributed by atoms with E-state index >= 15 is 0 Å². The minimum Gasteiger partial charge on any atom is -0.266 e. The van der Waals surface area contributed by atoms with E-state index in [0.29, 0.717) is 16.9 Å². The van der Waals surface area contributed by atoms with E-state index in [-0.39, 0.29) is 5.12 Å². The van der Waals surface area contributed by atoms with Crippen LogP contribution >= 0.6 is 0 Å². The van der Waals surface area contributed by atoms with E-state index in [1.54, 1.807) is 36.4 Å². The van der Waals surface area contributed by atoms with Gasteiger partial charge in [0.15, 0.2) is 0 Å². The molecule has 0 bridgehead atoms. The van der Waals surface area contributed by atoms with Crippen LogP contribution in [0.1, 0.15) is 5.56 Å². The molecule has 0 aliphatic rings. The van der Waals surface area contributed by atoms with Crippen LogP contribution in [-0.2, 0) is 4.79 Å². The fraction of sp³-hybridized carbons (Fsp3) is 0. The van der Waals surface area contributed by atoms with Crippen molar-refractivity contribution >= 4 is 40.2 Å². The number of urea groups is 1. The molecule has 3 amide bonds. The second kappa shape index (κ2) is 8.92. The van der Waals surface area contributed by atoms with Gasteiger partial charge in [0.1, 0.15) is 0 Å². The van der Waals surface area contributed by atoms with E-state index in [4.69, 9.17) is 17.5 Å². The van der Waals surface area contributed by atoms with Gasteiger partial charge in [0, 0.05) is 11.5 Å². The van der Waals surface area contributed by atoms with Gasteiger partial charge in [0.05, 0.1) is 16.7 Å². The number of nitrogens with two attached hydrogens (primary N) is 3. The molecule has 0 unspecified atom stereocenters. The minimum atomic E-state index is -0.779. The summed E-state index contributed by atoms with van der Waals surface area (Å²) in [4.78, 5) is 34.4. The number of amides is 3. The molecule has 10 heteroatoms. The van der Waals surface area contributed by atoms with Crippen LogP contribution in [-0.4, -0.2) is 17.1 Å². The predicted octanol–water partition coefficient (Wildman–Crippen LogP) is 2.42. The Morgan fingerprint density at radius 1 is 0.833 bits per heavy atom. The summed E-state index contributed by atoms with van der Waals surface area (Å²) in [5.41, 5.74) is 1.52.